The van der Waals surface area contributed by atoms with E-state index in [2.05, 4.69) is 43.0 Å². The Bertz CT molecular complexity index is 664. The molecule has 0 spiro atoms. The molecule has 3 aliphatic rings. The van der Waals surface area contributed by atoms with Crippen molar-refractivity contribution in [1.82, 2.24) is 15.1 Å². The van der Waals surface area contributed by atoms with E-state index in [4.69, 9.17) is 4.84 Å². The average Bonchev–Trinajstić information content (AvgIpc) is 2.96. The maximum atomic E-state index is 12.6. The third-order valence-corrected chi connectivity index (χ3v) is 5.32. The van der Waals surface area contributed by atoms with Crippen LogP contribution >= 0.6 is 0 Å². The van der Waals surface area contributed by atoms with E-state index in [9.17, 15) is 4.79 Å². The minimum Gasteiger partial charge on any atom is -0.389 e. The molecule has 2 aliphatic heterocycles. The summed E-state index contributed by atoms with van der Waals surface area (Å²) in [6.45, 7) is 9.95. The molecule has 4 rings (SSSR count). The maximum absolute atomic E-state index is 12.6. The summed E-state index contributed by atoms with van der Waals surface area (Å²) in [5.41, 5.74) is 2.58. The van der Waals surface area contributed by atoms with Crippen LogP contribution in [0.15, 0.2) is 11.2 Å². The molecule has 1 amide bonds. The van der Waals surface area contributed by atoms with Gasteiger partial charge in [0.1, 0.15) is 11.3 Å². The predicted molar refractivity (Wildman–Crippen MR) is 86.3 cm³/mol. The second-order valence-corrected chi connectivity index (χ2v) is 8.04. The monoisotopic (exact) mass is 316 g/mol. The highest BCUT2D eigenvalue weighted by Crippen LogP contribution is 2.54. The third-order valence-electron chi connectivity index (χ3n) is 5.32. The van der Waals surface area contributed by atoms with Crippen molar-refractivity contribution in [2.45, 2.75) is 45.6 Å². The van der Waals surface area contributed by atoms with Crippen molar-refractivity contribution >= 4 is 11.6 Å². The molecule has 3 heterocycles. The SMILES string of the molecule is CC(C)c1cc(C(=O)N2C[C@@H]3[C@H](C2)[C@H]3C2=NOC(C)(C)C2)n[nH]1. The Morgan fingerprint density at radius 1 is 1.39 bits per heavy atom. The fourth-order valence-electron chi connectivity index (χ4n) is 3.95. The molecule has 1 aliphatic carbocycles. The van der Waals surface area contributed by atoms with Crippen molar-refractivity contribution in [2.75, 3.05) is 13.1 Å². The number of amides is 1. The van der Waals surface area contributed by atoms with Crippen molar-refractivity contribution in [2.24, 2.45) is 22.9 Å². The molecule has 0 aromatic carbocycles. The van der Waals surface area contributed by atoms with Gasteiger partial charge in [-0.15, -0.1) is 0 Å². The van der Waals surface area contributed by atoms with Gasteiger partial charge in [0.2, 0.25) is 0 Å². The smallest absolute Gasteiger partial charge is 0.274 e. The van der Waals surface area contributed by atoms with Gasteiger partial charge in [-0.1, -0.05) is 19.0 Å². The van der Waals surface area contributed by atoms with Gasteiger partial charge in [0, 0.05) is 31.1 Å². The molecular weight excluding hydrogens is 292 g/mol. The lowest BCUT2D eigenvalue weighted by Crippen LogP contribution is -2.33. The number of carbonyl (C=O) groups is 1. The normalized spacial score (nSPS) is 31.1. The van der Waals surface area contributed by atoms with Crippen molar-refractivity contribution < 1.29 is 9.63 Å². The first-order valence-electron chi connectivity index (χ1n) is 8.45. The molecule has 1 aromatic heterocycles. The number of piperidine rings is 1. The van der Waals surface area contributed by atoms with E-state index in [1.807, 2.05) is 11.0 Å². The van der Waals surface area contributed by atoms with Gasteiger partial charge in [-0.2, -0.15) is 5.10 Å². The Morgan fingerprint density at radius 2 is 2.09 bits per heavy atom. The zero-order valence-corrected chi connectivity index (χ0v) is 14.2. The number of aromatic amines is 1. The number of hydrogen-bond acceptors (Lipinski definition) is 4. The second kappa shape index (κ2) is 4.82. The zero-order chi connectivity index (χ0) is 16.4. The van der Waals surface area contributed by atoms with Gasteiger partial charge in [0.25, 0.3) is 5.91 Å². The summed E-state index contributed by atoms with van der Waals surface area (Å²) in [7, 11) is 0. The van der Waals surface area contributed by atoms with Crippen LogP contribution in [0.3, 0.4) is 0 Å². The summed E-state index contributed by atoms with van der Waals surface area (Å²) in [5.74, 6) is 2.02. The van der Waals surface area contributed by atoms with Crippen LogP contribution in [0.4, 0.5) is 0 Å². The van der Waals surface area contributed by atoms with Crippen molar-refractivity contribution in [1.29, 1.82) is 0 Å². The number of H-pyrrole nitrogens is 1. The van der Waals surface area contributed by atoms with Gasteiger partial charge in [0.15, 0.2) is 0 Å². The van der Waals surface area contributed by atoms with E-state index in [-0.39, 0.29) is 11.5 Å². The molecular formula is C17H24N4O2. The third kappa shape index (κ3) is 2.44. The highest BCUT2D eigenvalue weighted by molar-refractivity contribution is 5.94. The number of nitrogens with zero attached hydrogens (tertiary/aromatic N) is 3. The first-order chi connectivity index (χ1) is 10.9. The Hall–Kier alpha value is -1.85. The van der Waals surface area contributed by atoms with Crippen molar-refractivity contribution in [3.63, 3.8) is 0 Å². The lowest BCUT2D eigenvalue weighted by Gasteiger charge is -2.19. The molecule has 1 N–H and O–H groups in total. The highest BCUT2D eigenvalue weighted by atomic mass is 16.7. The molecule has 0 radical (unpaired) electrons. The quantitative estimate of drug-likeness (QED) is 0.931. The van der Waals surface area contributed by atoms with E-state index in [1.54, 1.807) is 0 Å². The van der Waals surface area contributed by atoms with Gasteiger partial charge < -0.3 is 9.74 Å². The van der Waals surface area contributed by atoms with Gasteiger partial charge >= 0.3 is 0 Å². The van der Waals surface area contributed by atoms with Gasteiger partial charge in [-0.05, 0) is 37.7 Å². The number of hydrogen-bond donors (Lipinski definition) is 1. The lowest BCUT2D eigenvalue weighted by molar-refractivity contribution is 0.0123. The minimum atomic E-state index is -0.163. The van der Waals surface area contributed by atoms with Crippen LogP contribution in [-0.2, 0) is 4.84 Å². The van der Waals surface area contributed by atoms with Crippen LogP contribution in [0.5, 0.6) is 0 Å². The van der Waals surface area contributed by atoms with E-state index in [0.717, 1.165) is 25.2 Å². The van der Waals surface area contributed by atoms with Gasteiger partial charge in [0.05, 0.1) is 5.71 Å². The summed E-state index contributed by atoms with van der Waals surface area (Å²) >= 11 is 0. The van der Waals surface area contributed by atoms with Crippen LogP contribution in [0.2, 0.25) is 0 Å². The number of oxime groups is 1. The molecule has 1 aromatic rings. The number of aromatic nitrogens is 2. The van der Waals surface area contributed by atoms with Crippen LogP contribution in [0, 0.1) is 17.8 Å². The molecule has 2 fully saturated rings. The molecule has 1 saturated carbocycles. The molecule has 1 saturated heterocycles. The number of rotatable bonds is 3. The summed E-state index contributed by atoms with van der Waals surface area (Å²) in [6.07, 6.45) is 0.912. The molecule has 6 heteroatoms. The van der Waals surface area contributed by atoms with E-state index in [1.165, 1.54) is 5.71 Å². The topological polar surface area (TPSA) is 70.6 Å². The van der Waals surface area contributed by atoms with Crippen molar-refractivity contribution in [3.8, 4) is 0 Å². The summed E-state index contributed by atoms with van der Waals surface area (Å²) < 4.78 is 0. The molecule has 23 heavy (non-hydrogen) atoms. The van der Waals surface area contributed by atoms with Gasteiger partial charge in [-0.25, -0.2) is 0 Å². The van der Waals surface area contributed by atoms with Crippen LogP contribution in [0.1, 0.15) is 56.2 Å². The Morgan fingerprint density at radius 3 is 2.61 bits per heavy atom. The molecule has 0 unspecified atom stereocenters. The first kappa shape index (κ1) is 14.7. The largest absolute Gasteiger partial charge is 0.389 e. The fraction of sp³-hybridized carbons (Fsp3) is 0.706. The summed E-state index contributed by atoms with van der Waals surface area (Å²) in [6, 6.07) is 1.88. The summed E-state index contributed by atoms with van der Waals surface area (Å²) in [5, 5.41) is 11.4. The zero-order valence-electron chi connectivity index (χ0n) is 14.2. The van der Waals surface area contributed by atoms with E-state index < -0.39 is 0 Å². The van der Waals surface area contributed by atoms with E-state index >= 15 is 0 Å². The predicted octanol–water partition coefficient (Wildman–Crippen LogP) is 2.41. The van der Waals surface area contributed by atoms with Crippen LogP contribution < -0.4 is 0 Å². The molecule has 124 valence electrons. The average molecular weight is 316 g/mol. The fourth-order valence-corrected chi connectivity index (χ4v) is 3.95. The van der Waals surface area contributed by atoms with Crippen molar-refractivity contribution in [3.05, 3.63) is 17.5 Å². The Labute approximate surface area is 136 Å². The van der Waals surface area contributed by atoms with Crippen LogP contribution in [0.25, 0.3) is 0 Å². The Balaban J connectivity index is 1.37. The van der Waals surface area contributed by atoms with E-state index in [0.29, 0.717) is 29.4 Å². The molecule has 3 atom stereocenters. The summed E-state index contributed by atoms with van der Waals surface area (Å²) in [4.78, 5) is 20.0. The van der Waals surface area contributed by atoms with Gasteiger partial charge in [-0.3, -0.25) is 9.89 Å². The highest BCUT2D eigenvalue weighted by Gasteiger charge is 2.60. The first-order valence-corrected chi connectivity index (χ1v) is 8.45. The molecule has 6 nitrogen and oxygen atoms in total. The number of likely N-dealkylation sites (tertiary alicyclic amines) is 1. The number of nitrogens with one attached hydrogen (secondary N) is 1. The second-order valence-electron chi connectivity index (χ2n) is 8.04. The molecule has 0 bridgehead atoms. The minimum absolute atomic E-state index is 0.0454. The lowest BCUT2D eigenvalue weighted by atomic mass is 9.98. The Kier molecular flexibility index (Phi) is 3.09. The number of fused-ring (bicyclic) bond motifs is 1. The standard InChI is InChI=1S/C17H24N4O2/c1-9(2)12-5-13(19-18-12)16(22)21-7-10-11(8-21)15(10)14-6-17(3,4)23-20-14/h5,9-11,15H,6-8H2,1-4H3,(H,18,19)/t10-,11+,15+. The maximum Gasteiger partial charge on any atom is 0.274 e. The van der Waals surface area contributed by atoms with Crippen LogP contribution in [-0.4, -0.2) is 45.4 Å². The number of carbonyl (C=O) groups excluding carboxylic acids is 1.